The maximum absolute atomic E-state index is 12.5. The molecule has 1 saturated heterocycles. The normalized spacial score (nSPS) is 26.1. The molecule has 0 bridgehead atoms. The third kappa shape index (κ3) is 3.52. The van der Waals surface area contributed by atoms with Crippen molar-refractivity contribution in [3.05, 3.63) is 47.0 Å². The zero-order valence-electron chi connectivity index (χ0n) is 13.7. The second kappa shape index (κ2) is 7.03. The summed E-state index contributed by atoms with van der Waals surface area (Å²) in [5, 5.41) is 7.24. The highest BCUT2D eigenvalue weighted by Gasteiger charge is 2.38. The first kappa shape index (κ1) is 15.8. The Bertz CT molecular complexity index is 686. The lowest BCUT2D eigenvalue weighted by molar-refractivity contribution is -0.117. The Labute approximate surface area is 146 Å². The van der Waals surface area contributed by atoms with Crippen LogP contribution in [0, 0.1) is 5.92 Å². The average molecular weight is 341 g/mol. The SMILES string of the molecule is O=C(Nc1ncc(Cc2ccccc2)s1)C1CC2CCCCC2N1. The standard InChI is InChI=1S/C19H23N3OS/c23-18(17-11-14-8-4-5-9-16(14)21-17)22-19-20-12-15(24-19)10-13-6-2-1-3-7-13/h1-3,6-7,12,14,16-17,21H,4-5,8-11H2,(H,20,22,23). The van der Waals surface area contributed by atoms with E-state index >= 15 is 0 Å². The molecule has 1 aliphatic carbocycles. The number of carbonyl (C=O) groups excluding carboxylic acids is 1. The van der Waals surface area contributed by atoms with Gasteiger partial charge in [-0.2, -0.15) is 0 Å². The van der Waals surface area contributed by atoms with E-state index in [4.69, 9.17) is 0 Å². The van der Waals surface area contributed by atoms with Crippen LogP contribution in [0.25, 0.3) is 0 Å². The lowest BCUT2D eigenvalue weighted by atomic mass is 9.85. The molecule has 2 fully saturated rings. The quantitative estimate of drug-likeness (QED) is 0.893. The van der Waals surface area contributed by atoms with Crippen molar-refractivity contribution in [3.63, 3.8) is 0 Å². The van der Waals surface area contributed by atoms with Gasteiger partial charge in [0.2, 0.25) is 5.91 Å². The Kier molecular flexibility index (Phi) is 4.63. The number of fused-ring (bicyclic) bond motifs is 1. The van der Waals surface area contributed by atoms with Crippen LogP contribution in [0.2, 0.25) is 0 Å². The Hall–Kier alpha value is -1.72. The predicted octanol–water partition coefficient (Wildman–Crippen LogP) is 3.59. The number of benzene rings is 1. The van der Waals surface area contributed by atoms with E-state index in [0.29, 0.717) is 17.1 Å². The molecule has 126 valence electrons. The molecular formula is C19H23N3OS. The summed E-state index contributed by atoms with van der Waals surface area (Å²) in [6, 6.07) is 10.8. The molecule has 0 radical (unpaired) electrons. The minimum Gasteiger partial charge on any atom is -0.303 e. The van der Waals surface area contributed by atoms with Crippen LogP contribution in [-0.2, 0) is 11.2 Å². The van der Waals surface area contributed by atoms with Gasteiger partial charge in [-0.05, 0) is 30.7 Å². The first-order chi connectivity index (χ1) is 11.8. The fourth-order valence-corrected chi connectivity index (χ4v) is 4.81. The van der Waals surface area contributed by atoms with Crippen molar-refractivity contribution < 1.29 is 4.79 Å². The van der Waals surface area contributed by atoms with Crippen LogP contribution >= 0.6 is 11.3 Å². The maximum Gasteiger partial charge on any atom is 0.243 e. The monoisotopic (exact) mass is 341 g/mol. The molecule has 1 amide bonds. The highest BCUT2D eigenvalue weighted by molar-refractivity contribution is 7.15. The molecular weight excluding hydrogens is 318 g/mol. The Morgan fingerprint density at radius 2 is 2.08 bits per heavy atom. The molecule has 4 rings (SSSR count). The van der Waals surface area contributed by atoms with Gasteiger partial charge in [0.1, 0.15) is 0 Å². The van der Waals surface area contributed by atoms with Gasteiger partial charge in [0.25, 0.3) is 0 Å². The summed E-state index contributed by atoms with van der Waals surface area (Å²) in [6.45, 7) is 0. The van der Waals surface area contributed by atoms with Crippen molar-refractivity contribution in [2.45, 2.75) is 50.6 Å². The number of anilines is 1. The summed E-state index contributed by atoms with van der Waals surface area (Å²) in [4.78, 5) is 18.1. The number of rotatable bonds is 4. The van der Waals surface area contributed by atoms with Gasteiger partial charge in [-0.25, -0.2) is 4.98 Å². The van der Waals surface area contributed by atoms with Crippen molar-refractivity contribution in [2.24, 2.45) is 5.92 Å². The number of hydrogen-bond acceptors (Lipinski definition) is 4. The van der Waals surface area contributed by atoms with Gasteiger partial charge in [0.15, 0.2) is 5.13 Å². The Balaban J connectivity index is 1.35. The molecule has 3 unspecified atom stereocenters. The number of carbonyl (C=O) groups is 1. The smallest absolute Gasteiger partial charge is 0.243 e. The summed E-state index contributed by atoms with van der Waals surface area (Å²) in [5.41, 5.74) is 1.26. The second-order valence-electron chi connectivity index (χ2n) is 6.89. The molecule has 2 heterocycles. The largest absolute Gasteiger partial charge is 0.303 e. The van der Waals surface area contributed by atoms with E-state index in [1.807, 2.05) is 24.4 Å². The van der Waals surface area contributed by atoms with Crippen molar-refractivity contribution >= 4 is 22.4 Å². The van der Waals surface area contributed by atoms with Gasteiger partial charge in [0, 0.05) is 23.5 Å². The van der Waals surface area contributed by atoms with Crippen LogP contribution < -0.4 is 10.6 Å². The fraction of sp³-hybridized carbons (Fsp3) is 0.474. The number of nitrogens with zero attached hydrogens (tertiary/aromatic N) is 1. The van der Waals surface area contributed by atoms with Crippen molar-refractivity contribution in [3.8, 4) is 0 Å². The predicted molar refractivity (Wildman–Crippen MR) is 97.3 cm³/mol. The molecule has 1 aromatic heterocycles. The zero-order valence-corrected chi connectivity index (χ0v) is 14.5. The molecule has 1 aromatic carbocycles. The van der Waals surface area contributed by atoms with Crippen LogP contribution in [0.1, 0.15) is 42.5 Å². The molecule has 24 heavy (non-hydrogen) atoms. The number of amides is 1. The van der Waals surface area contributed by atoms with E-state index in [-0.39, 0.29) is 11.9 Å². The third-order valence-electron chi connectivity index (χ3n) is 5.18. The topological polar surface area (TPSA) is 54.0 Å². The molecule has 1 saturated carbocycles. The molecule has 5 heteroatoms. The van der Waals surface area contributed by atoms with Crippen LogP contribution in [0.5, 0.6) is 0 Å². The summed E-state index contributed by atoms with van der Waals surface area (Å²) < 4.78 is 0. The van der Waals surface area contributed by atoms with Crippen LogP contribution in [0.15, 0.2) is 36.5 Å². The second-order valence-corrected chi connectivity index (χ2v) is 8.00. The zero-order chi connectivity index (χ0) is 16.4. The van der Waals surface area contributed by atoms with Crippen molar-refractivity contribution in [1.82, 2.24) is 10.3 Å². The first-order valence-corrected chi connectivity index (χ1v) is 9.65. The molecule has 2 aliphatic rings. The third-order valence-corrected chi connectivity index (χ3v) is 6.10. The summed E-state index contributed by atoms with van der Waals surface area (Å²) in [7, 11) is 0. The van der Waals surface area contributed by atoms with Crippen molar-refractivity contribution in [1.29, 1.82) is 0 Å². The lowest BCUT2D eigenvalue weighted by Crippen LogP contribution is -2.39. The van der Waals surface area contributed by atoms with Gasteiger partial charge >= 0.3 is 0 Å². The van der Waals surface area contributed by atoms with E-state index in [1.165, 1.54) is 36.1 Å². The molecule has 1 aliphatic heterocycles. The van der Waals surface area contributed by atoms with Crippen molar-refractivity contribution in [2.75, 3.05) is 5.32 Å². The van der Waals surface area contributed by atoms with E-state index in [1.54, 1.807) is 11.3 Å². The molecule has 4 nitrogen and oxygen atoms in total. The number of thiazole rings is 1. The van der Waals surface area contributed by atoms with Gasteiger partial charge in [-0.1, -0.05) is 43.2 Å². The number of hydrogen-bond donors (Lipinski definition) is 2. The van der Waals surface area contributed by atoms with Crippen LogP contribution in [0.4, 0.5) is 5.13 Å². The van der Waals surface area contributed by atoms with Gasteiger partial charge in [0.05, 0.1) is 6.04 Å². The van der Waals surface area contributed by atoms with Gasteiger partial charge in [-0.15, -0.1) is 11.3 Å². The fourth-order valence-electron chi connectivity index (χ4n) is 3.96. The highest BCUT2D eigenvalue weighted by Crippen LogP contribution is 2.33. The summed E-state index contributed by atoms with van der Waals surface area (Å²) in [6.07, 6.45) is 8.78. The average Bonchev–Trinajstić information content (AvgIpc) is 3.22. The molecule has 0 spiro atoms. The first-order valence-electron chi connectivity index (χ1n) is 8.83. The van der Waals surface area contributed by atoms with E-state index < -0.39 is 0 Å². The van der Waals surface area contributed by atoms with E-state index in [0.717, 1.165) is 12.8 Å². The van der Waals surface area contributed by atoms with E-state index in [2.05, 4.69) is 27.8 Å². The van der Waals surface area contributed by atoms with Gasteiger partial charge in [-0.3, -0.25) is 4.79 Å². The number of nitrogens with one attached hydrogen (secondary N) is 2. The highest BCUT2D eigenvalue weighted by atomic mass is 32.1. The molecule has 3 atom stereocenters. The summed E-state index contributed by atoms with van der Waals surface area (Å²) >= 11 is 1.57. The maximum atomic E-state index is 12.5. The number of aromatic nitrogens is 1. The van der Waals surface area contributed by atoms with Gasteiger partial charge < -0.3 is 10.6 Å². The minimum atomic E-state index is -0.0560. The Morgan fingerprint density at radius 3 is 2.92 bits per heavy atom. The van der Waals surface area contributed by atoms with Crippen LogP contribution in [0.3, 0.4) is 0 Å². The minimum absolute atomic E-state index is 0.0560. The molecule has 2 aromatic rings. The van der Waals surface area contributed by atoms with E-state index in [9.17, 15) is 4.79 Å². The summed E-state index contributed by atoms with van der Waals surface area (Å²) in [5.74, 6) is 0.754. The molecule has 2 N–H and O–H groups in total. The van der Waals surface area contributed by atoms with Crippen LogP contribution in [-0.4, -0.2) is 23.0 Å². The Morgan fingerprint density at radius 1 is 1.25 bits per heavy atom. The lowest BCUT2D eigenvalue weighted by Gasteiger charge is -2.24.